The number of aromatic hydroxyl groups is 2. The van der Waals surface area contributed by atoms with Crippen molar-refractivity contribution in [1.82, 2.24) is 19.7 Å². The normalized spacial score (nSPS) is 10.9. The van der Waals surface area contributed by atoms with Crippen molar-refractivity contribution in [2.75, 3.05) is 7.05 Å². The third-order valence-corrected chi connectivity index (χ3v) is 5.94. The molecule has 0 aliphatic carbocycles. The monoisotopic (exact) mass is 507 g/mol. The van der Waals surface area contributed by atoms with Crippen molar-refractivity contribution < 1.29 is 19.8 Å². The summed E-state index contributed by atoms with van der Waals surface area (Å²) in [5, 5.41) is 27.8. The number of aromatic amines is 1. The molecule has 4 rings (SSSR count). The quantitative estimate of drug-likeness (QED) is 0.314. The number of nitrogens with one attached hydrogen (secondary N) is 1. The predicted molar refractivity (Wildman–Crippen MR) is 133 cm³/mol. The first-order valence-corrected chi connectivity index (χ1v) is 11.1. The summed E-state index contributed by atoms with van der Waals surface area (Å²) < 4.78 is 1.27. The number of hydrogen-bond donors (Lipinski definition) is 4. The van der Waals surface area contributed by atoms with Crippen molar-refractivity contribution in [1.29, 1.82) is 0 Å². The Morgan fingerprint density at radius 1 is 1.08 bits per heavy atom. The van der Waals surface area contributed by atoms with E-state index < -0.39 is 23.3 Å². The Balaban J connectivity index is 1.76. The smallest absolute Gasteiger partial charge is 0.348 e. The fourth-order valence-corrected chi connectivity index (χ4v) is 4.10. The molecule has 0 saturated heterocycles. The van der Waals surface area contributed by atoms with Gasteiger partial charge in [0.2, 0.25) is 5.91 Å². The number of hydrogen-bond acceptors (Lipinski definition) is 6. The van der Waals surface area contributed by atoms with Gasteiger partial charge in [-0.3, -0.25) is 9.59 Å². The molecule has 0 radical (unpaired) electrons. The summed E-state index contributed by atoms with van der Waals surface area (Å²) in [7, 11) is 1.47. The summed E-state index contributed by atoms with van der Waals surface area (Å²) in [4.78, 5) is 38.9. The minimum Gasteiger partial charge on any atom is -0.507 e. The van der Waals surface area contributed by atoms with Crippen molar-refractivity contribution in [3.8, 4) is 28.6 Å². The molecule has 0 unspecified atom stereocenters. The van der Waals surface area contributed by atoms with Crippen molar-refractivity contribution in [3.05, 3.63) is 92.4 Å². The maximum Gasteiger partial charge on any atom is 0.348 e. The van der Waals surface area contributed by atoms with Crippen LogP contribution >= 0.6 is 11.6 Å². The Bertz CT molecular complexity index is 1560. The minimum absolute atomic E-state index is 0.0381. The number of rotatable bonds is 6. The standard InChI is InChI=1S/C25H22ClN5O5/c1-13-5-3-4-6-19(13)31-23(28-29-25(31)36)17-10-18(21(33)11-20(17)32)24(35)30(2)12-14-9-15(26)7-8-16(14)22(27)34/h3-11,32-33H,12H2,1-2H3,(H2,27,34)(H,29,36). The zero-order valence-electron chi connectivity index (χ0n) is 19.3. The van der Waals surface area contributed by atoms with Crippen molar-refractivity contribution in [2.24, 2.45) is 5.73 Å². The van der Waals surface area contributed by atoms with Crippen LogP contribution in [0.2, 0.25) is 5.02 Å². The van der Waals surface area contributed by atoms with Gasteiger partial charge in [-0.1, -0.05) is 29.8 Å². The van der Waals surface area contributed by atoms with Crippen LogP contribution in [0, 0.1) is 6.92 Å². The second-order valence-electron chi connectivity index (χ2n) is 8.19. The molecule has 4 aromatic rings. The Kier molecular flexibility index (Phi) is 6.54. The minimum atomic E-state index is -0.676. The first-order valence-electron chi connectivity index (χ1n) is 10.7. The summed E-state index contributed by atoms with van der Waals surface area (Å²) in [6.07, 6.45) is 0. The van der Waals surface area contributed by atoms with Gasteiger partial charge in [0.15, 0.2) is 5.82 Å². The summed E-state index contributed by atoms with van der Waals surface area (Å²) in [6.45, 7) is 1.78. The lowest BCUT2D eigenvalue weighted by Gasteiger charge is -2.20. The van der Waals surface area contributed by atoms with Crippen molar-refractivity contribution >= 4 is 23.4 Å². The Labute approximate surface area is 210 Å². The van der Waals surface area contributed by atoms with Crippen molar-refractivity contribution in [3.63, 3.8) is 0 Å². The number of halogens is 1. The number of aryl methyl sites for hydroxylation is 1. The molecule has 0 fully saturated rings. The van der Waals surface area contributed by atoms with Crippen LogP contribution in [-0.4, -0.2) is 48.7 Å². The van der Waals surface area contributed by atoms with Crippen LogP contribution in [0.15, 0.2) is 59.4 Å². The van der Waals surface area contributed by atoms with Crippen LogP contribution in [0.1, 0.15) is 31.8 Å². The first kappa shape index (κ1) is 24.6. The van der Waals surface area contributed by atoms with E-state index in [0.717, 1.165) is 11.6 Å². The van der Waals surface area contributed by atoms with Gasteiger partial charge in [0.25, 0.3) is 5.91 Å². The SMILES string of the molecule is Cc1ccccc1-n1c(-c2cc(C(=O)N(C)Cc3cc(Cl)ccc3C(N)=O)c(O)cc2O)n[nH]c1=O. The number of carbonyl (C=O) groups excluding carboxylic acids is 2. The van der Waals surface area contributed by atoms with Gasteiger partial charge < -0.3 is 20.8 Å². The Morgan fingerprint density at radius 2 is 1.81 bits per heavy atom. The van der Waals surface area contributed by atoms with Gasteiger partial charge in [-0.15, -0.1) is 0 Å². The van der Waals surface area contributed by atoms with Crippen LogP contribution in [0.5, 0.6) is 11.5 Å². The number of amides is 2. The van der Waals surface area contributed by atoms with Gasteiger partial charge in [-0.25, -0.2) is 14.5 Å². The number of nitrogens with two attached hydrogens (primary N) is 1. The van der Waals surface area contributed by atoms with E-state index in [1.165, 1.54) is 40.8 Å². The molecular weight excluding hydrogens is 486 g/mol. The van der Waals surface area contributed by atoms with E-state index >= 15 is 0 Å². The van der Waals surface area contributed by atoms with Gasteiger partial charge in [-0.05, 0) is 48.4 Å². The summed E-state index contributed by atoms with van der Waals surface area (Å²) in [5.41, 5.74) is 6.72. The fourth-order valence-electron chi connectivity index (χ4n) is 3.91. The lowest BCUT2D eigenvalue weighted by molar-refractivity contribution is 0.0779. The molecule has 3 aromatic carbocycles. The molecular formula is C25H22ClN5O5. The molecule has 2 amide bonds. The van der Waals surface area contributed by atoms with Gasteiger partial charge in [0.05, 0.1) is 16.8 Å². The van der Waals surface area contributed by atoms with E-state index in [0.29, 0.717) is 16.3 Å². The fraction of sp³-hybridized carbons (Fsp3) is 0.120. The van der Waals surface area contributed by atoms with Crippen LogP contribution in [-0.2, 0) is 6.54 Å². The van der Waals surface area contributed by atoms with Gasteiger partial charge in [-0.2, -0.15) is 5.10 Å². The van der Waals surface area contributed by atoms with E-state index in [4.69, 9.17) is 17.3 Å². The van der Waals surface area contributed by atoms with Crippen LogP contribution in [0.25, 0.3) is 17.1 Å². The maximum absolute atomic E-state index is 13.3. The molecule has 10 nitrogen and oxygen atoms in total. The molecule has 0 saturated carbocycles. The molecule has 1 heterocycles. The number of phenolic OH excluding ortho intramolecular Hbond substituents is 2. The molecule has 0 aliphatic heterocycles. The average Bonchev–Trinajstić information content (AvgIpc) is 3.19. The largest absolute Gasteiger partial charge is 0.507 e. The van der Waals surface area contributed by atoms with Gasteiger partial charge >= 0.3 is 5.69 Å². The number of para-hydroxylation sites is 1. The molecule has 5 N–H and O–H groups in total. The van der Waals surface area contributed by atoms with E-state index in [9.17, 15) is 24.6 Å². The molecule has 1 aromatic heterocycles. The highest BCUT2D eigenvalue weighted by atomic mass is 35.5. The third kappa shape index (κ3) is 4.53. The number of H-pyrrole nitrogens is 1. The number of carbonyl (C=O) groups is 2. The highest BCUT2D eigenvalue weighted by molar-refractivity contribution is 6.30. The lowest BCUT2D eigenvalue weighted by atomic mass is 10.0. The summed E-state index contributed by atoms with van der Waals surface area (Å²) >= 11 is 6.05. The van der Waals surface area contributed by atoms with Crippen molar-refractivity contribution in [2.45, 2.75) is 13.5 Å². The molecule has 0 atom stereocenters. The van der Waals surface area contributed by atoms with Crippen LogP contribution in [0.3, 0.4) is 0 Å². The zero-order chi connectivity index (χ0) is 26.1. The average molecular weight is 508 g/mol. The predicted octanol–water partition coefficient (Wildman–Crippen LogP) is 2.97. The van der Waals surface area contributed by atoms with E-state index in [1.807, 2.05) is 19.1 Å². The molecule has 0 spiro atoms. The van der Waals surface area contributed by atoms with Crippen LogP contribution in [0.4, 0.5) is 0 Å². The highest BCUT2D eigenvalue weighted by Crippen LogP contribution is 2.35. The molecule has 11 heteroatoms. The van der Waals surface area contributed by atoms with Gasteiger partial charge in [0.1, 0.15) is 11.5 Å². The number of nitrogens with zero attached hydrogens (tertiary/aromatic N) is 3. The summed E-state index contributed by atoms with van der Waals surface area (Å²) in [6, 6.07) is 13.9. The maximum atomic E-state index is 13.3. The van der Waals surface area contributed by atoms with Gasteiger partial charge in [0, 0.05) is 30.2 Å². The molecule has 36 heavy (non-hydrogen) atoms. The first-order chi connectivity index (χ1) is 17.1. The third-order valence-electron chi connectivity index (χ3n) is 5.70. The van der Waals surface area contributed by atoms with E-state index in [2.05, 4.69) is 10.2 Å². The number of primary amides is 1. The lowest BCUT2D eigenvalue weighted by Crippen LogP contribution is -2.28. The zero-order valence-corrected chi connectivity index (χ0v) is 20.1. The van der Waals surface area contributed by atoms with Crippen LogP contribution < -0.4 is 11.4 Å². The summed E-state index contributed by atoms with van der Waals surface area (Å²) in [5.74, 6) is -2.11. The highest BCUT2D eigenvalue weighted by Gasteiger charge is 2.24. The molecule has 0 aliphatic rings. The van der Waals surface area contributed by atoms with E-state index in [-0.39, 0.29) is 34.8 Å². The number of phenols is 2. The second-order valence-corrected chi connectivity index (χ2v) is 8.62. The molecule has 184 valence electrons. The molecule has 0 bridgehead atoms. The second kappa shape index (κ2) is 9.59. The Morgan fingerprint density at radius 3 is 2.50 bits per heavy atom. The topological polar surface area (TPSA) is 155 Å². The number of aromatic nitrogens is 3. The van der Waals surface area contributed by atoms with E-state index in [1.54, 1.807) is 12.1 Å². The Hall–Kier alpha value is -4.57. The number of benzene rings is 3.